The minimum absolute atomic E-state index is 0.0433. The maximum atomic E-state index is 12.6. The van der Waals surface area contributed by atoms with Gasteiger partial charge in [-0.25, -0.2) is 0 Å². The van der Waals surface area contributed by atoms with E-state index in [2.05, 4.69) is 22.4 Å². The van der Waals surface area contributed by atoms with Gasteiger partial charge in [0.15, 0.2) is 0 Å². The van der Waals surface area contributed by atoms with Crippen LogP contribution in [0.2, 0.25) is 0 Å². The van der Waals surface area contributed by atoms with E-state index in [1.165, 1.54) is 9.78 Å². The van der Waals surface area contributed by atoms with Crippen molar-refractivity contribution in [2.24, 2.45) is 11.8 Å². The molecule has 2 aliphatic heterocycles. The molecule has 6 nitrogen and oxygen atoms in total. The molecule has 0 N–H and O–H groups in total. The fraction of sp³-hybridized carbons (Fsp3) is 0.650. The van der Waals surface area contributed by atoms with Gasteiger partial charge in [-0.1, -0.05) is 18.9 Å². The smallest absolute Gasteiger partial charge is 0.233 e. The van der Waals surface area contributed by atoms with Gasteiger partial charge in [-0.3, -0.25) is 24.2 Å². The van der Waals surface area contributed by atoms with E-state index in [4.69, 9.17) is 0 Å². The molecule has 27 heavy (non-hydrogen) atoms. The van der Waals surface area contributed by atoms with E-state index < -0.39 is 0 Å². The van der Waals surface area contributed by atoms with Gasteiger partial charge in [0.2, 0.25) is 17.7 Å². The zero-order valence-electron chi connectivity index (χ0n) is 15.6. The molecule has 1 aliphatic carbocycles. The van der Waals surface area contributed by atoms with Crippen molar-refractivity contribution >= 4 is 29.1 Å². The number of hydrogen-bond acceptors (Lipinski definition) is 5. The topological polar surface area (TPSA) is 60.9 Å². The highest BCUT2D eigenvalue weighted by Crippen LogP contribution is 2.38. The number of nitrogens with zero attached hydrogens (tertiary/aromatic N) is 3. The minimum Gasteiger partial charge on any atom is -0.340 e. The molecule has 0 aromatic carbocycles. The lowest BCUT2D eigenvalue weighted by atomic mass is 9.81. The van der Waals surface area contributed by atoms with E-state index >= 15 is 0 Å². The Morgan fingerprint density at radius 2 is 1.70 bits per heavy atom. The molecule has 0 spiro atoms. The molecule has 1 saturated carbocycles. The van der Waals surface area contributed by atoms with Gasteiger partial charge in [0, 0.05) is 50.6 Å². The third-order valence-corrected chi connectivity index (χ3v) is 7.03. The zero-order chi connectivity index (χ0) is 18.8. The Labute approximate surface area is 164 Å². The molecular weight excluding hydrogens is 362 g/mol. The normalized spacial score (nSPS) is 26.5. The number of thiophene rings is 1. The van der Waals surface area contributed by atoms with E-state index in [-0.39, 0.29) is 42.5 Å². The van der Waals surface area contributed by atoms with Crippen LogP contribution >= 0.6 is 11.3 Å². The lowest BCUT2D eigenvalue weighted by Gasteiger charge is -2.34. The van der Waals surface area contributed by atoms with Gasteiger partial charge in [-0.15, -0.1) is 11.3 Å². The highest BCUT2D eigenvalue weighted by atomic mass is 32.1. The molecule has 3 fully saturated rings. The van der Waals surface area contributed by atoms with Crippen LogP contribution in [0.3, 0.4) is 0 Å². The molecule has 3 aliphatic rings. The quantitative estimate of drug-likeness (QED) is 0.723. The van der Waals surface area contributed by atoms with Crippen LogP contribution in [0.4, 0.5) is 0 Å². The molecule has 3 amide bonds. The second kappa shape index (κ2) is 8.10. The standard InChI is InChI=1S/C20H27N3O3S/c24-18(22-11-9-21(10-12-22)14-15-4-3-13-27-15)7-8-23-19(25)16-5-1-2-6-17(16)20(23)26/h3-4,13,16-17H,1-2,5-12,14H2. The highest BCUT2D eigenvalue weighted by Gasteiger charge is 2.47. The molecule has 4 rings (SSSR count). The summed E-state index contributed by atoms with van der Waals surface area (Å²) in [6, 6.07) is 4.21. The van der Waals surface area contributed by atoms with Crippen molar-refractivity contribution in [3.8, 4) is 0 Å². The Hall–Kier alpha value is -1.73. The van der Waals surface area contributed by atoms with Crippen molar-refractivity contribution in [1.29, 1.82) is 0 Å². The number of carbonyl (C=O) groups excluding carboxylic acids is 3. The number of imide groups is 1. The van der Waals surface area contributed by atoms with Gasteiger partial charge in [-0.2, -0.15) is 0 Å². The first-order chi connectivity index (χ1) is 13.1. The third-order valence-electron chi connectivity index (χ3n) is 6.17. The summed E-state index contributed by atoms with van der Waals surface area (Å²) in [4.78, 5) is 44.5. The lowest BCUT2D eigenvalue weighted by Crippen LogP contribution is -2.49. The average molecular weight is 390 g/mol. The Kier molecular flexibility index (Phi) is 5.59. The summed E-state index contributed by atoms with van der Waals surface area (Å²) in [7, 11) is 0. The first kappa shape index (κ1) is 18.6. The van der Waals surface area contributed by atoms with E-state index in [0.717, 1.165) is 58.4 Å². The number of piperazine rings is 1. The van der Waals surface area contributed by atoms with Crippen LogP contribution in [0.15, 0.2) is 17.5 Å². The van der Waals surface area contributed by atoms with Crippen molar-refractivity contribution in [2.75, 3.05) is 32.7 Å². The molecular formula is C20H27N3O3S. The van der Waals surface area contributed by atoms with Crippen molar-refractivity contribution < 1.29 is 14.4 Å². The fourth-order valence-corrected chi connectivity index (χ4v) is 5.34. The Balaban J connectivity index is 1.24. The summed E-state index contributed by atoms with van der Waals surface area (Å²) in [5, 5.41) is 2.09. The summed E-state index contributed by atoms with van der Waals surface area (Å²) in [5.41, 5.74) is 0. The van der Waals surface area contributed by atoms with E-state index in [9.17, 15) is 14.4 Å². The Bertz CT molecular complexity index is 673. The van der Waals surface area contributed by atoms with Gasteiger partial charge in [-0.05, 0) is 24.3 Å². The second-order valence-electron chi connectivity index (χ2n) is 7.81. The second-order valence-corrected chi connectivity index (χ2v) is 8.84. The van der Waals surface area contributed by atoms with Crippen molar-refractivity contribution in [3.63, 3.8) is 0 Å². The van der Waals surface area contributed by atoms with E-state index in [0.29, 0.717) is 0 Å². The maximum absolute atomic E-state index is 12.6. The van der Waals surface area contributed by atoms with Crippen LogP contribution in [-0.2, 0) is 20.9 Å². The number of fused-ring (bicyclic) bond motifs is 1. The van der Waals surface area contributed by atoms with Crippen LogP contribution in [-0.4, -0.2) is 65.1 Å². The molecule has 0 bridgehead atoms. The zero-order valence-corrected chi connectivity index (χ0v) is 16.5. The molecule has 7 heteroatoms. The van der Waals surface area contributed by atoms with Gasteiger partial charge < -0.3 is 4.90 Å². The molecule has 3 heterocycles. The summed E-state index contributed by atoms with van der Waals surface area (Å²) < 4.78 is 0. The maximum Gasteiger partial charge on any atom is 0.233 e. The molecule has 2 unspecified atom stereocenters. The largest absolute Gasteiger partial charge is 0.340 e. The number of rotatable bonds is 5. The van der Waals surface area contributed by atoms with Crippen LogP contribution in [0.5, 0.6) is 0 Å². The predicted molar refractivity (Wildman–Crippen MR) is 103 cm³/mol. The summed E-state index contributed by atoms with van der Waals surface area (Å²) in [5.74, 6) is -0.276. The first-order valence-corrected chi connectivity index (χ1v) is 10.9. The van der Waals surface area contributed by atoms with Gasteiger partial charge in [0.1, 0.15) is 0 Å². The summed E-state index contributed by atoms with van der Waals surface area (Å²) >= 11 is 1.76. The van der Waals surface area contributed by atoms with Crippen molar-refractivity contribution in [2.45, 2.75) is 38.6 Å². The van der Waals surface area contributed by atoms with Crippen LogP contribution < -0.4 is 0 Å². The van der Waals surface area contributed by atoms with Crippen molar-refractivity contribution in [3.05, 3.63) is 22.4 Å². The fourth-order valence-electron chi connectivity index (χ4n) is 4.60. The van der Waals surface area contributed by atoms with Crippen molar-refractivity contribution in [1.82, 2.24) is 14.7 Å². The molecule has 2 saturated heterocycles. The first-order valence-electron chi connectivity index (χ1n) is 10.0. The molecule has 1 aromatic rings. The Morgan fingerprint density at radius 1 is 1.04 bits per heavy atom. The lowest BCUT2D eigenvalue weighted by molar-refractivity contribution is -0.141. The Morgan fingerprint density at radius 3 is 2.30 bits per heavy atom. The van der Waals surface area contributed by atoms with Gasteiger partial charge in [0.25, 0.3) is 0 Å². The van der Waals surface area contributed by atoms with E-state index in [1.807, 2.05) is 4.90 Å². The molecule has 2 atom stereocenters. The summed E-state index contributed by atoms with van der Waals surface area (Å²) in [6.45, 7) is 4.37. The van der Waals surface area contributed by atoms with Gasteiger partial charge in [0.05, 0.1) is 11.8 Å². The third kappa shape index (κ3) is 3.94. The monoisotopic (exact) mass is 389 g/mol. The van der Waals surface area contributed by atoms with E-state index in [1.54, 1.807) is 11.3 Å². The van der Waals surface area contributed by atoms with Gasteiger partial charge >= 0.3 is 0 Å². The highest BCUT2D eigenvalue weighted by molar-refractivity contribution is 7.09. The molecule has 1 aromatic heterocycles. The number of amides is 3. The minimum atomic E-state index is -0.123. The SMILES string of the molecule is O=C(CCN1C(=O)C2CCCCC2C1=O)N1CCN(Cc2cccs2)CC1. The molecule has 0 radical (unpaired) electrons. The number of carbonyl (C=O) groups is 3. The predicted octanol–water partition coefficient (Wildman–Crippen LogP) is 1.96. The number of hydrogen-bond donors (Lipinski definition) is 0. The number of likely N-dealkylation sites (tertiary alicyclic amines) is 1. The average Bonchev–Trinajstić information content (AvgIpc) is 3.28. The molecule has 146 valence electrons. The van der Waals surface area contributed by atoms with Crippen LogP contribution in [0.1, 0.15) is 37.0 Å². The van der Waals surface area contributed by atoms with Crippen LogP contribution in [0.25, 0.3) is 0 Å². The van der Waals surface area contributed by atoms with Crippen LogP contribution in [0, 0.1) is 11.8 Å². The summed E-state index contributed by atoms with van der Waals surface area (Å²) in [6.07, 6.45) is 3.96.